The van der Waals surface area contributed by atoms with Gasteiger partial charge in [-0.2, -0.15) is 0 Å². The minimum atomic E-state index is -1.09. The summed E-state index contributed by atoms with van der Waals surface area (Å²) in [6.07, 6.45) is 7.93. The fourth-order valence-corrected chi connectivity index (χ4v) is 3.38. The van der Waals surface area contributed by atoms with Gasteiger partial charge in [-0.1, -0.05) is 24.3 Å². The van der Waals surface area contributed by atoms with Crippen molar-refractivity contribution in [2.24, 2.45) is 11.8 Å². The van der Waals surface area contributed by atoms with Gasteiger partial charge in [0.15, 0.2) is 0 Å². The zero-order valence-electron chi connectivity index (χ0n) is 15.5. The highest BCUT2D eigenvalue weighted by Gasteiger charge is 2.40. The van der Waals surface area contributed by atoms with Gasteiger partial charge < -0.3 is 20.4 Å². The van der Waals surface area contributed by atoms with Crippen LogP contribution < -0.4 is 0 Å². The van der Waals surface area contributed by atoms with Crippen molar-refractivity contribution in [1.29, 1.82) is 0 Å². The molecular formula is C20H33FO5. The van der Waals surface area contributed by atoms with Crippen LogP contribution in [0.4, 0.5) is 4.39 Å². The van der Waals surface area contributed by atoms with Gasteiger partial charge in [0.05, 0.1) is 18.3 Å². The zero-order chi connectivity index (χ0) is 19.5. The number of hydrogen-bond donors (Lipinski definition) is 4. The monoisotopic (exact) mass is 372 g/mol. The quantitative estimate of drug-likeness (QED) is 0.312. The van der Waals surface area contributed by atoms with Crippen molar-refractivity contribution >= 4 is 5.97 Å². The predicted octanol–water partition coefficient (Wildman–Crippen LogP) is 2.99. The molecule has 0 heterocycles. The van der Waals surface area contributed by atoms with E-state index in [2.05, 4.69) is 0 Å². The molecule has 0 radical (unpaired) electrons. The summed E-state index contributed by atoms with van der Waals surface area (Å²) in [5.74, 6) is -1.49. The van der Waals surface area contributed by atoms with Gasteiger partial charge in [-0.25, -0.2) is 4.39 Å². The van der Waals surface area contributed by atoms with Gasteiger partial charge >= 0.3 is 5.97 Å². The lowest BCUT2D eigenvalue weighted by Gasteiger charge is -2.19. The van der Waals surface area contributed by atoms with Crippen LogP contribution in [-0.2, 0) is 4.79 Å². The van der Waals surface area contributed by atoms with Crippen molar-refractivity contribution in [3.63, 3.8) is 0 Å². The van der Waals surface area contributed by atoms with Crippen LogP contribution in [0.15, 0.2) is 24.3 Å². The average Bonchev–Trinajstić information content (AvgIpc) is 2.81. The number of halogens is 1. The van der Waals surface area contributed by atoms with Crippen molar-refractivity contribution in [3.8, 4) is 0 Å². The Morgan fingerprint density at radius 2 is 1.96 bits per heavy atom. The molecule has 0 bridgehead atoms. The van der Waals surface area contributed by atoms with Gasteiger partial charge in [0.1, 0.15) is 6.17 Å². The van der Waals surface area contributed by atoms with Gasteiger partial charge in [0, 0.05) is 24.7 Å². The molecule has 0 aromatic carbocycles. The summed E-state index contributed by atoms with van der Waals surface area (Å²) < 4.78 is 14.2. The van der Waals surface area contributed by atoms with Gasteiger partial charge in [-0.15, -0.1) is 0 Å². The maximum Gasteiger partial charge on any atom is 0.303 e. The molecule has 6 heteroatoms. The van der Waals surface area contributed by atoms with Gasteiger partial charge in [-0.05, 0) is 45.4 Å². The van der Waals surface area contributed by atoms with Crippen LogP contribution in [0.2, 0.25) is 0 Å². The average molecular weight is 372 g/mol. The summed E-state index contributed by atoms with van der Waals surface area (Å²) in [6, 6.07) is 0. The smallest absolute Gasteiger partial charge is 0.303 e. The second kappa shape index (κ2) is 12.2. The number of carboxylic acids is 1. The molecule has 0 aromatic heterocycles. The minimum Gasteiger partial charge on any atom is -0.481 e. The number of alkyl halides is 1. The molecule has 0 saturated heterocycles. The molecule has 0 aromatic rings. The third-order valence-electron chi connectivity index (χ3n) is 4.88. The van der Waals surface area contributed by atoms with Crippen LogP contribution >= 0.6 is 0 Å². The topological polar surface area (TPSA) is 98.0 Å². The van der Waals surface area contributed by atoms with E-state index in [1.54, 1.807) is 19.1 Å². The van der Waals surface area contributed by atoms with E-state index in [1.165, 1.54) is 0 Å². The number of aliphatic hydroxyl groups excluding tert-OH is 3. The minimum absolute atomic E-state index is 0.102. The lowest BCUT2D eigenvalue weighted by atomic mass is 9.90. The van der Waals surface area contributed by atoms with Crippen LogP contribution in [0.3, 0.4) is 0 Å². The second-order valence-corrected chi connectivity index (χ2v) is 7.29. The standard InChI is InChI=1S/C20H33FO5/c1-14(22)7-6-8-15(23)11-12-17-16(18(21)13-19(17)24)9-4-2-3-5-10-20(25)26/h2,4,11-12,14-19,22-24H,3,5-10,13H2,1H3,(H,25,26)/b4-2-,12-11+/t14?,15-,16-,17-,18-,19-/m1/s1. The molecule has 26 heavy (non-hydrogen) atoms. The van der Waals surface area contributed by atoms with Crippen LogP contribution in [0.25, 0.3) is 0 Å². The predicted molar refractivity (Wildman–Crippen MR) is 98.4 cm³/mol. The number of carboxylic acid groups (broad SMARTS) is 1. The zero-order valence-corrected chi connectivity index (χ0v) is 15.5. The maximum atomic E-state index is 14.2. The Bertz CT molecular complexity index is 463. The highest BCUT2D eigenvalue weighted by atomic mass is 19.1. The summed E-state index contributed by atoms with van der Waals surface area (Å²) in [5.41, 5.74) is 0. The van der Waals surface area contributed by atoms with Crippen LogP contribution in [0.1, 0.15) is 58.3 Å². The Morgan fingerprint density at radius 3 is 2.62 bits per heavy atom. The van der Waals surface area contributed by atoms with Crippen LogP contribution in [0.5, 0.6) is 0 Å². The van der Waals surface area contributed by atoms with Gasteiger partial charge in [0.2, 0.25) is 0 Å². The number of unbranched alkanes of at least 4 members (excludes halogenated alkanes) is 1. The Hall–Kier alpha value is -1.24. The molecule has 0 aliphatic heterocycles. The number of rotatable bonds is 12. The molecule has 1 fully saturated rings. The Labute approximate surface area is 155 Å². The molecule has 1 rings (SSSR count). The van der Waals surface area contributed by atoms with Crippen molar-refractivity contribution < 1.29 is 29.6 Å². The molecule has 1 aliphatic rings. The number of allylic oxidation sites excluding steroid dienone is 2. The highest BCUT2D eigenvalue weighted by molar-refractivity contribution is 5.66. The number of hydrogen-bond acceptors (Lipinski definition) is 4. The van der Waals surface area contributed by atoms with E-state index in [1.807, 2.05) is 12.2 Å². The number of aliphatic carboxylic acids is 1. The molecule has 5 nitrogen and oxygen atoms in total. The summed E-state index contributed by atoms with van der Waals surface area (Å²) in [5, 5.41) is 37.9. The summed E-state index contributed by atoms with van der Waals surface area (Å²) in [4.78, 5) is 10.4. The Morgan fingerprint density at radius 1 is 1.23 bits per heavy atom. The molecule has 1 unspecified atom stereocenters. The maximum absolute atomic E-state index is 14.2. The molecule has 150 valence electrons. The molecule has 4 N–H and O–H groups in total. The molecule has 0 amide bonds. The van der Waals surface area contributed by atoms with E-state index < -0.39 is 24.3 Å². The molecule has 1 aliphatic carbocycles. The first-order chi connectivity index (χ1) is 12.3. The van der Waals surface area contributed by atoms with Crippen molar-refractivity contribution in [2.75, 3.05) is 0 Å². The van der Waals surface area contributed by atoms with Crippen LogP contribution in [0, 0.1) is 11.8 Å². The normalized spacial score (nSPS) is 28.8. The molecular weight excluding hydrogens is 339 g/mol. The number of aliphatic hydroxyl groups is 3. The summed E-state index contributed by atoms with van der Waals surface area (Å²) in [6.45, 7) is 1.71. The Kier molecular flexibility index (Phi) is 10.7. The first kappa shape index (κ1) is 22.8. The third-order valence-corrected chi connectivity index (χ3v) is 4.88. The van der Waals surface area contributed by atoms with Gasteiger partial charge in [0.25, 0.3) is 0 Å². The van der Waals surface area contributed by atoms with E-state index in [9.17, 15) is 24.5 Å². The Balaban J connectivity index is 2.46. The van der Waals surface area contributed by atoms with E-state index in [0.29, 0.717) is 38.5 Å². The van der Waals surface area contributed by atoms with Gasteiger partial charge in [-0.3, -0.25) is 4.79 Å². The van der Waals surface area contributed by atoms with Crippen molar-refractivity contribution in [3.05, 3.63) is 24.3 Å². The van der Waals surface area contributed by atoms with E-state index in [0.717, 1.165) is 0 Å². The largest absolute Gasteiger partial charge is 0.481 e. The third kappa shape index (κ3) is 8.92. The fourth-order valence-electron chi connectivity index (χ4n) is 3.38. The van der Waals surface area contributed by atoms with E-state index in [4.69, 9.17) is 5.11 Å². The SMILES string of the molecule is CC(O)CCC[C@@H](O)/C=C/[C@@H]1[C@@H](C/C=C\CCCC(=O)O)[C@H](F)C[C@H]1O. The lowest BCUT2D eigenvalue weighted by Crippen LogP contribution is -2.19. The molecule has 0 spiro atoms. The lowest BCUT2D eigenvalue weighted by molar-refractivity contribution is -0.137. The summed E-state index contributed by atoms with van der Waals surface area (Å²) >= 11 is 0. The first-order valence-electron chi connectivity index (χ1n) is 9.54. The van der Waals surface area contributed by atoms with Crippen molar-refractivity contribution in [1.82, 2.24) is 0 Å². The van der Waals surface area contributed by atoms with E-state index in [-0.39, 0.29) is 30.8 Å². The second-order valence-electron chi connectivity index (χ2n) is 7.29. The molecule has 6 atom stereocenters. The van der Waals surface area contributed by atoms with E-state index >= 15 is 0 Å². The fraction of sp³-hybridized carbons (Fsp3) is 0.750. The van der Waals surface area contributed by atoms with Crippen LogP contribution in [-0.4, -0.2) is 50.9 Å². The molecule has 1 saturated carbocycles. The van der Waals surface area contributed by atoms with Crippen molar-refractivity contribution in [2.45, 2.75) is 82.8 Å². The first-order valence-corrected chi connectivity index (χ1v) is 9.54. The summed E-state index contributed by atoms with van der Waals surface area (Å²) in [7, 11) is 0. The number of carbonyl (C=O) groups is 1. The highest BCUT2D eigenvalue weighted by Crippen LogP contribution is 2.38.